The average Bonchev–Trinajstić information content (AvgIpc) is 3.60. The van der Waals surface area contributed by atoms with E-state index in [2.05, 4.69) is 5.16 Å². The van der Waals surface area contributed by atoms with Crippen molar-refractivity contribution in [3.63, 3.8) is 0 Å². The van der Waals surface area contributed by atoms with Gasteiger partial charge in [0.25, 0.3) is 5.69 Å². The van der Waals surface area contributed by atoms with E-state index >= 15 is 0 Å². The van der Waals surface area contributed by atoms with Crippen LogP contribution in [0.4, 0.5) is 5.69 Å². The van der Waals surface area contributed by atoms with Gasteiger partial charge >= 0.3 is 0 Å². The van der Waals surface area contributed by atoms with Crippen molar-refractivity contribution in [3.8, 4) is 28.6 Å². The van der Waals surface area contributed by atoms with Crippen LogP contribution in [0.2, 0.25) is 0 Å². The fourth-order valence-electron chi connectivity index (χ4n) is 4.08. The highest BCUT2D eigenvalue weighted by atomic mass is 32.2. The van der Waals surface area contributed by atoms with Crippen molar-refractivity contribution in [1.82, 2.24) is 9.46 Å². The highest BCUT2D eigenvalue weighted by molar-refractivity contribution is 7.89. The van der Waals surface area contributed by atoms with Gasteiger partial charge in [-0.1, -0.05) is 5.16 Å². The molecule has 12 nitrogen and oxygen atoms in total. The molecule has 13 heteroatoms. The van der Waals surface area contributed by atoms with E-state index in [4.69, 9.17) is 23.5 Å². The maximum absolute atomic E-state index is 13.5. The molecule has 0 spiro atoms. The molecular weight excluding hydrogens is 506 g/mol. The first kappa shape index (κ1) is 26.4. The molecule has 1 saturated heterocycles. The second-order valence-electron chi connectivity index (χ2n) is 8.28. The molecule has 0 N–H and O–H groups in total. The van der Waals surface area contributed by atoms with Gasteiger partial charge in [0, 0.05) is 36.9 Å². The van der Waals surface area contributed by atoms with E-state index in [1.54, 1.807) is 18.2 Å². The van der Waals surface area contributed by atoms with Crippen LogP contribution in [0.3, 0.4) is 0 Å². The number of nitro benzene ring substituents is 1. The van der Waals surface area contributed by atoms with Crippen LogP contribution >= 0.6 is 0 Å². The Morgan fingerprint density at radius 1 is 1.08 bits per heavy atom. The predicted octanol–water partition coefficient (Wildman–Crippen LogP) is 3.65. The van der Waals surface area contributed by atoms with Gasteiger partial charge in [-0.3, -0.25) is 10.1 Å². The number of nitrogens with zero attached hydrogens (tertiary/aromatic N) is 3. The maximum atomic E-state index is 13.5. The molecule has 0 bridgehead atoms. The molecule has 2 heterocycles. The highest BCUT2D eigenvalue weighted by Gasteiger charge is 2.31. The topological polar surface area (TPSA) is 143 Å². The zero-order valence-electron chi connectivity index (χ0n) is 20.6. The lowest BCUT2D eigenvalue weighted by Crippen LogP contribution is -2.37. The molecule has 1 aromatic heterocycles. The lowest BCUT2D eigenvalue weighted by Gasteiger charge is -2.24. The quantitative estimate of drug-likeness (QED) is 0.265. The second kappa shape index (κ2) is 11.2. The normalized spacial score (nSPS) is 15.6. The Bertz CT molecular complexity index is 1330. The third-order valence-electron chi connectivity index (χ3n) is 5.96. The minimum atomic E-state index is -4.02. The summed E-state index contributed by atoms with van der Waals surface area (Å²) in [5, 5.41) is 15.1. The number of nitro groups is 1. The van der Waals surface area contributed by atoms with Crippen LogP contribution < -0.4 is 14.2 Å². The van der Waals surface area contributed by atoms with Crippen molar-refractivity contribution in [1.29, 1.82) is 0 Å². The second-order valence-corrected chi connectivity index (χ2v) is 10.2. The van der Waals surface area contributed by atoms with Gasteiger partial charge in [0.15, 0.2) is 17.3 Å². The number of aromatic nitrogens is 1. The van der Waals surface area contributed by atoms with Crippen LogP contribution in [0.5, 0.6) is 17.2 Å². The van der Waals surface area contributed by atoms with Crippen LogP contribution in [0.1, 0.15) is 18.5 Å². The van der Waals surface area contributed by atoms with Gasteiger partial charge in [-0.2, -0.15) is 4.31 Å². The van der Waals surface area contributed by atoms with E-state index in [0.29, 0.717) is 40.9 Å². The number of hydrogen-bond donors (Lipinski definition) is 0. The van der Waals surface area contributed by atoms with Gasteiger partial charge in [0.05, 0.1) is 49.5 Å². The van der Waals surface area contributed by atoms with Crippen molar-refractivity contribution in [3.05, 3.63) is 58.3 Å². The highest BCUT2D eigenvalue weighted by Crippen LogP contribution is 2.41. The first-order chi connectivity index (χ1) is 17.8. The molecule has 1 aliphatic rings. The van der Waals surface area contributed by atoms with Gasteiger partial charge in [-0.05, 0) is 37.1 Å². The largest absolute Gasteiger partial charge is 0.493 e. The fraction of sp³-hybridized carbons (Fsp3) is 0.375. The lowest BCUT2D eigenvalue weighted by atomic mass is 10.1. The summed E-state index contributed by atoms with van der Waals surface area (Å²) >= 11 is 0. The third kappa shape index (κ3) is 5.68. The van der Waals surface area contributed by atoms with Gasteiger partial charge in [-0.15, -0.1) is 0 Å². The molecule has 0 amide bonds. The van der Waals surface area contributed by atoms with Crippen molar-refractivity contribution < 1.29 is 36.8 Å². The van der Waals surface area contributed by atoms with Gasteiger partial charge in [-0.25, -0.2) is 8.42 Å². The number of rotatable bonds is 11. The summed E-state index contributed by atoms with van der Waals surface area (Å²) in [7, 11) is 0.476. The van der Waals surface area contributed by atoms with Gasteiger partial charge < -0.3 is 23.5 Å². The van der Waals surface area contributed by atoms with Crippen LogP contribution in [-0.2, 0) is 21.3 Å². The molecule has 2 aromatic carbocycles. The monoisotopic (exact) mass is 533 g/mol. The molecule has 37 heavy (non-hydrogen) atoms. The molecular formula is C24H27N3O9S. The molecule has 198 valence electrons. The summed E-state index contributed by atoms with van der Waals surface area (Å²) in [5.41, 5.74) is 0.764. The Morgan fingerprint density at radius 2 is 1.76 bits per heavy atom. The molecule has 1 fully saturated rings. The maximum Gasteiger partial charge on any atom is 0.269 e. The van der Waals surface area contributed by atoms with Crippen LogP contribution in [0.15, 0.2) is 51.9 Å². The van der Waals surface area contributed by atoms with E-state index in [0.717, 1.165) is 25.0 Å². The number of benzene rings is 2. The summed E-state index contributed by atoms with van der Waals surface area (Å²) in [5.74, 6) is 1.65. The molecule has 1 aliphatic heterocycles. The minimum absolute atomic E-state index is 0.0653. The van der Waals surface area contributed by atoms with E-state index in [-0.39, 0.29) is 29.8 Å². The SMILES string of the molecule is COc1cc(-c2cc(CN(C[C@H]3CCCO3)S(=O)(=O)c3ccc([N+](=O)[O-])cc3)no2)cc(OC)c1OC. The minimum Gasteiger partial charge on any atom is -0.493 e. The zero-order valence-corrected chi connectivity index (χ0v) is 21.4. The first-order valence-corrected chi connectivity index (χ1v) is 12.8. The fourth-order valence-corrected chi connectivity index (χ4v) is 5.52. The molecule has 0 saturated carbocycles. The van der Waals surface area contributed by atoms with Gasteiger partial charge in [0.2, 0.25) is 15.8 Å². The van der Waals surface area contributed by atoms with Gasteiger partial charge in [0.1, 0.15) is 0 Å². The Kier molecular flexibility index (Phi) is 7.95. The smallest absolute Gasteiger partial charge is 0.269 e. The van der Waals surface area contributed by atoms with Crippen molar-refractivity contribution >= 4 is 15.7 Å². The molecule has 4 rings (SSSR count). The van der Waals surface area contributed by atoms with Crippen molar-refractivity contribution in [2.24, 2.45) is 0 Å². The summed E-state index contributed by atoms with van der Waals surface area (Å²) < 4.78 is 55.6. The van der Waals surface area contributed by atoms with Crippen molar-refractivity contribution in [2.75, 3.05) is 34.5 Å². The van der Waals surface area contributed by atoms with Crippen LogP contribution in [0.25, 0.3) is 11.3 Å². The van der Waals surface area contributed by atoms with E-state index in [9.17, 15) is 18.5 Å². The van der Waals surface area contributed by atoms with E-state index < -0.39 is 14.9 Å². The lowest BCUT2D eigenvalue weighted by molar-refractivity contribution is -0.384. The third-order valence-corrected chi connectivity index (χ3v) is 7.79. The van der Waals surface area contributed by atoms with Crippen LogP contribution in [0, 0.1) is 10.1 Å². The predicted molar refractivity (Wildman–Crippen MR) is 131 cm³/mol. The van der Waals surface area contributed by atoms with E-state index in [1.165, 1.54) is 37.8 Å². The number of methoxy groups -OCH3 is 3. The summed E-state index contributed by atoms with van der Waals surface area (Å²) in [6.45, 7) is 0.574. The first-order valence-electron chi connectivity index (χ1n) is 11.4. The molecule has 0 radical (unpaired) electrons. The zero-order chi connectivity index (χ0) is 26.6. The molecule has 0 unspecified atom stereocenters. The number of ether oxygens (including phenoxy) is 4. The standard InChI is InChI=1S/C24H27N3O9S/c1-32-22-11-16(12-23(33-2)24(22)34-3)21-13-17(25-36-21)14-26(15-19-5-4-10-35-19)37(30,31)20-8-6-18(7-9-20)27(28)29/h6-9,11-13,19H,4-5,10,14-15H2,1-3H3/t19-/m1/s1. The summed E-state index contributed by atoms with van der Waals surface area (Å²) in [6, 6.07) is 9.80. The Morgan fingerprint density at radius 3 is 2.30 bits per heavy atom. The Balaban J connectivity index is 1.64. The summed E-state index contributed by atoms with van der Waals surface area (Å²) in [4.78, 5) is 10.3. The van der Waals surface area contributed by atoms with Crippen molar-refractivity contribution in [2.45, 2.75) is 30.4 Å². The Hall–Kier alpha value is -3.68. The number of hydrogen-bond acceptors (Lipinski definition) is 10. The number of sulfonamides is 1. The molecule has 0 aliphatic carbocycles. The van der Waals surface area contributed by atoms with E-state index in [1.807, 2.05) is 0 Å². The molecule has 1 atom stereocenters. The summed E-state index contributed by atoms with van der Waals surface area (Å²) in [6.07, 6.45) is 1.29. The average molecular weight is 534 g/mol. The Labute approximate surface area is 213 Å². The molecule has 3 aromatic rings. The van der Waals surface area contributed by atoms with Crippen LogP contribution in [-0.4, -0.2) is 63.4 Å². The number of non-ortho nitro benzene ring substituents is 1.